The summed E-state index contributed by atoms with van der Waals surface area (Å²) in [6, 6.07) is 12.6. The van der Waals surface area contributed by atoms with Crippen molar-refractivity contribution >= 4 is 28.7 Å². The van der Waals surface area contributed by atoms with E-state index in [1.165, 1.54) is 0 Å². The Labute approximate surface area is 121 Å². The predicted molar refractivity (Wildman–Crippen MR) is 79.3 cm³/mol. The minimum Gasteiger partial charge on any atom is -0.321 e. The van der Waals surface area contributed by atoms with Crippen LogP contribution in [0.1, 0.15) is 16.3 Å². The molecule has 0 fully saturated rings. The molecule has 2 heterocycles. The second kappa shape index (κ2) is 4.98. The number of amides is 1. The lowest BCUT2D eigenvalue weighted by Crippen LogP contribution is -2.12. The Morgan fingerprint density at radius 1 is 1.20 bits per heavy atom. The van der Waals surface area contributed by atoms with E-state index in [2.05, 4.69) is 10.3 Å². The SMILES string of the molecule is Cc1nc(C(=O)Nc2ccc(Cl)cc2)c2ccccn12. The Hall–Kier alpha value is -2.33. The van der Waals surface area contributed by atoms with Crippen LogP contribution in [-0.4, -0.2) is 15.3 Å². The zero-order valence-electron chi connectivity index (χ0n) is 10.8. The average Bonchev–Trinajstić information content (AvgIpc) is 2.79. The molecule has 1 amide bonds. The first-order valence-electron chi connectivity index (χ1n) is 6.16. The fourth-order valence-electron chi connectivity index (χ4n) is 2.08. The van der Waals surface area contributed by atoms with Crippen molar-refractivity contribution in [3.05, 3.63) is 65.2 Å². The highest BCUT2D eigenvalue weighted by molar-refractivity contribution is 6.30. The minimum absolute atomic E-state index is 0.232. The number of fused-ring (bicyclic) bond motifs is 1. The number of nitrogens with one attached hydrogen (secondary N) is 1. The number of nitrogens with zero attached hydrogens (tertiary/aromatic N) is 2. The number of pyridine rings is 1. The Morgan fingerprint density at radius 2 is 1.95 bits per heavy atom. The number of rotatable bonds is 2. The van der Waals surface area contributed by atoms with Gasteiger partial charge in [0.1, 0.15) is 5.82 Å². The zero-order valence-corrected chi connectivity index (χ0v) is 11.6. The van der Waals surface area contributed by atoms with E-state index in [1.807, 2.05) is 35.7 Å². The molecule has 0 bridgehead atoms. The molecule has 0 radical (unpaired) electrons. The van der Waals surface area contributed by atoms with Gasteiger partial charge in [-0.15, -0.1) is 0 Å². The first-order valence-corrected chi connectivity index (χ1v) is 6.53. The van der Waals surface area contributed by atoms with Gasteiger partial charge in [0.05, 0.1) is 5.52 Å². The number of aryl methyl sites for hydroxylation is 1. The first kappa shape index (κ1) is 12.7. The molecule has 20 heavy (non-hydrogen) atoms. The summed E-state index contributed by atoms with van der Waals surface area (Å²) in [5.74, 6) is 0.547. The summed E-state index contributed by atoms with van der Waals surface area (Å²) in [5, 5.41) is 3.45. The summed E-state index contributed by atoms with van der Waals surface area (Å²) < 4.78 is 1.89. The van der Waals surface area contributed by atoms with E-state index in [1.54, 1.807) is 24.3 Å². The molecule has 100 valence electrons. The maximum Gasteiger partial charge on any atom is 0.276 e. The molecule has 0 aliphatic rings. The van der Waals surface area contributed by atoms with E-state index < -0.39 is 0 Å². The van der Waals surface area contributed by atoms with E-state index in [9.17, 15) is 4.79 Å². The van der Waals surface area contributed by atoms with Crippen LogP contribution in [0.5, 0.6) is 0 Å². The Kier molecular flexibility index (Phi) is 3.16. The quantitative estimate of drug-likeness (QED) is 0.783. The van der Waals surface area contributed by atoms with Gasteiger partial charge in [0.25, 0.3) is 5.91 Å². The van der Waals surface area contributed by atoms with Crippen LogP contribution in [0.3, 0.4) is 0 Å². The summed E-state index contributed by atoms with van der Waals surface area (Å²) in [7, 11) is 0. The van der Waals surface area contributed by atoms with Crippen LogP contribution in [0.2, 0.25) is 5.02 Å². The van der Waals surface area contributed by atoms with Crippen LogP contribution in [0.4, 0.5) is 5.69 Å². The van der Waals surface area contributed by atoms with E-state index >= 15 is 0 Å². The molecular weight excluding hydrogens is 274 g/mol. The molecule has 0 atom stereocenters. The molecule has 1 N–H and O–H groups in total. The highest BCUT2D eigenvalue weighted by Gasteiger charge is 2.15. The maximum atomic E-state index is 12.3. The fourth-order valence-corrected chi connectivity index (χ4v) is 2.21. The lowest BCUT2D eigenvalue weighted by molar-refractivity contribution is 0.102. The van der Waals surface area contributed by atoms with Gasteiger partial charge >= 0.3 is 0 Å². The molecular formula is C15H12ClN3O. The third kappa shape index (κ3) is 2.26. The predicted octanol–water partition coefficient (Wildman–Crippen LogP) is 3.55. The van der Waals surface area contributed by atoms with Crippen molar-refractivity contribution in [1.82, 2.24) is 9.38 Å². The molecule has 0 unspecified atom stereocenters. The second-order valence-corrected chi connectivity index (χ2v) is 4.86. The van der Waals surface area contributed by atoms with E-state index in [4.69, 9.17) is 11.6 Å². The summed E-state index contributed by atoms with van der Waals surface area (Å²) >= 11 is 5.82. The van der Waals surface area contributed by atoms with Crippen molar-refractivity contribution in [3.63, 3.8) is 0 Å². The van der Waals surface area contributed by atoms with Gasteiger partial charge in [-0.25, -0.2) is 4.98 Å². The highest BCUT2D eigenvalue weighted by atomic mass is 35.5. The van der Waals surface area contributed by atoms with Crippen molar-refractivity contribution < 1.29 is 4.79 Å². The largest absolute Gasteiger partial charge is 0.321 e. The lowest BCUT2D eigenvalue weighted by atomic mass is 10.3. The highest BCUT2D eigenvalue weighted by Crippen LogP contribution is 2.17. The van der Waals surface area contributed by atoms with Crippen LogP contribution in [0.15, 0.2) is 48.7 Å². The van der Waals surface area contributed by atoms with Crippen LogP contribution in [0, 0.1) is 6.92 Å². The van der Waals surface area contributed by atoms with Crippen LogP contribution in [0.25, 0.3) is 5.52 Å². The van der Waals surface area contributed by atoms with Gasteiger partial charge in [0, 0.05) is 16.9 Å². The van der Waals surface area contributed by atoms with Crippen molar-refractivity contribution in [2.75, 3.05) is 5.32 Å². The van der Waals surface area contributed by atoms with Crippen molar-refractivity contribution in [1.29, 1.82) is 0 Å². The molecule has 3 rings (SSSR count). The van der Waals surface area contributed by atoms with Gasteiger partial charge in [-0.1, -0.05) is 17.7 Å². The number of carbonyl (C=O) groups excluding carboxylic acids is 1. The Balaban J connectivity index is 1.95. The van der Waals surface area contributed by atoms with Gasteiger partial charge in [-0.3, -0.25) is 4.79 Å². The smallest absolute Gasteiger partial charge is 0.276 e. The van der Waals surface area contributed by atoms with E-state index in [-0.39, 0.29) is 5.91 Å². The standard InChI is InChI=1S/C15H12ClN3O/c1-10-17-14(13-4-2-3-9-19(10)13)15(20)18-12-7-5-11(16)6-8-12/h2-9H,1H3,(H,18,20). The van der Waals surface area contributed by atoms with Gasteiger partial charge in [0.2, 0.25) is 0 Å². The molecule has 0 saturated carbocycles. The Morgan fingerprint density at radius 3 is 2.70 bits per heavy atom. The number of benzene rings is 1. The second-order valence-electron chi connectivity index (χ2n) is 4.42. The van der Waals surface area contributed by atoms with Gasteiger partial charge in [0.15, 0.2) is 5.69 Å². The summed E-state index contributed by atoms with van der Waals surface area (Å²) in [6.45, 7) is 1.87. The summed E-state index contributed by atoms with van der Waals surface area (Å²) in [5.41, 5.74) is 1.89. The lowest BCUT2D eigenvalue weighted by Gasteiger charge is -2.03. The van der Waals surface area contributed by atoms with E-state index in [0.717, 1.165) is 11.3 Å². The van der Waals surface area contributed by atoms with Crippen molar-refractivity contribution in [2.45, 2.75) is 6.92 Å². The monoisotopic (exact) mass is 285 g/mol. The third-order valence-electron chi connectivity index (χ3n) is 3.04. The molecule has 0 aliphatic heterocycles. The fraction of sp³-hybridized carbons (Fsp3) is 0.0667. The van der Waals surface area contributed by atoms with E-state index in [0.29, 0.717) is 16.4 Å². The van der Waals surface area contributed by atoms with Gasteiger partial charge < -0.3 is 9.72 Å². The van der Waals surface area contributed by atoms with Crippen molar-refractivity contribution in [3.8, 4) is 0 Å². The number of carbonyl (C=O) groups is 1. The molecule has 3 aromatic rings. The topological polar surface area (TPSA) is 46.4 Å². The minimum atomic E-state index is -0.232. The molecule has 2 aromatic heterocycles. The molecule has 0 spiro atoms. The number of imidazole rings is 1. The van der Waals surface area contributed by atoms with Crippen LogP contribution in [-0.2, 0) is 0 Å². The number of hydrogen-bond acceptors (Lipinski definition) is 2. The van der Waals surface area contributed by atoms with Gasteiger partial charge in [-0.05, 0) is 43.3 Å². The number of anilines is 1. The summed E-state index contributed by atoms with van der Waals surface area (Å²) in [4.78, 5) is 16.6. The Bertz CT molecular complexity index is 777. The number of halogens is 1. The average molecular weight is 286 g/mol. The third-order valence-corrected chi connectivity index (χ3v) is 3.29. The molecule has 0 saturated heterocycles. The molecule has 0 aliphatic carbocycles. The normalized spacial score (nSPS) is 10.7. The number of aromatic nitrogens is 2. The zero-order chi connectivity index (χ0) is 14.1. The maximum absolute atomic E-state index is 12.3. The van der Waals surface area contributed by atoms with Crippen LogP contribution < -0.4 is 5.32 Å². The van der Waals surface area contributed by atoms with Gasteiger partial charge in [-0.2, -0.15) is 0 Å². The molecule has 5 heteroatoms. The van der Waals surface area contributed by atoms with Crippen molar-refractivity contribution in [2.24, 2.45) is 0 Å². The number of hydrogen-bond donors (Lipinski definition) is 1. The summed E-state index contributed by atoms with van der Waals surface area (Å²) in [6.07, 6.45) is 1.89. The first-order chi connectivity index (χ1) is 9.65. The molecule has 4 nitrogen and oxygen atoms in total. The molecule has 1 aromatic carbocycles. The van der Waals surface area contributed by atoms with Crippen LogP contribution >= 0.6 is 11.6 Å².